The molecule has 120 valence electrons. The Labute approximate surface area is 112 Å². The minimum atomic E-state index is -4.88. The predicted molar refractivity (Wildman–Crippen MR) is 57.9 cm³/mol. The summed E-state index contributed by atoms with van der Waals surface area (Å²) in [6.07, 6.45) is -12.9. The van der Waals surface area contributed by atoms with Crippen molar-refractivity contribution in [3.05, 3.63) is 0 Å². The second kappa shape index (κ2) is 8.23. The number of carbonyl (C=O) groups excluding carboxylic acids is 2. The van der Waals surface area contributed by atoms with Crippen molar-refractivity contribution in [2.45, 2.75) is 52.1 Å². The summed E-state index contributed by atoms with van der Waals surface area (Å²) in [5.74, 6) is -3.19. The van der Waals surface area contributed by atoms with E-state index in [-0.39, 0.29) is 6.42 Å². The molecule has 0 spiro atoms. The average Bonchev–Trinajstić information content (AvgIpc) is 2.25. The lowest BCUT2D eigenvalue weighted by Crippen LogP contribution is -2.28. The van der Waals surface area contributed by atoms with Gasteiger partial charge in [0.2, 0.25) is 5.78 Å². The van der Waals surface area contributed by atoms with Gasteiger partial charge in [0.15, 0.2) is 6.17 Å². The Morgan fingerprint density at radius 2 is 1.50 bits per heavy atom. The monoisotopic (exact) mass is 310 g/mol. The third-order valence-electron chi connectivity index (χ3n) is 2.03. The van der Waals surface area contributed by atoms with Gasteiger partial charge >= 0.3 is 12.3 Å². The van der Waals surface area contributed by atoms with Crippen LogP contribution in [-0.2, 0) is 9.59 Å². The molecule has 1 N–H and O–H groups in total. The van der Waals surface area contributed by atoms with Crippen LogP contribution in [0.25, 0.3) is 0 Å². The molecule has 0 aliphatic heterocycles. The molecule has 9 heteroatoms. The zero-order valence-corrected chi connectivity index (χ0v) is 11.1. The fourth-order valence-electron chi connectivity index (χ4n) is 0.708. The fourth-order valence-corrected chi connectivity index (χ4v) is 0.708. The molecule has 0 aliphatic carbocycles. The molecule has 0 saturated carbocycles. The van der Waals surface area contributed by atoms with Crippen LogP contribution in [0.3, 0.4) is 0 Å². The van der Waals surface area contributed by atoms with Gasteiger partial charge in [-0.05, 0) is 6.42 Å². The Bertz CT molecular complexity index is 319. The minimum Gasteiger partial charge on any atom is -0.334 e. The topological polar surface area (TPSA) is 54.4 Å². The van der Waals surface area contributed by atoms with Crippen LogP contribution < -0.4 is 0 Å². The van der Waals surface area contributed by atoms with E-state index in [4.69, 9.17) is 5.11 Å². The van der Waals surface area contributed by atoms with Gasteiger partial charge in [0.25, 0.3) is 0 Å². The van der Waals surface area contributed by atoms with E-state index in [0.29, 0.717) is 0 Å². The summed E-state index contributed by atoms with van der Waals surface area (Å²) in [6.45, 7) is 4.13. The number of Topliss-reactive ketones (excluding diaryl/α,β-unsaturated/α-hetero) is 2. The number of carbonyl (C=O) groups is 2. The Hall–Kier alpha value is -1.12. The van der Waals surface area contributed by atoms with Crippen molar-refractivity contribution in [1.29, 1.82) is 0 Å². The van der Waals surface area contributed by atoms with Gasteiger partial charge in [0, 0.05) is 5.92 Å². The summed E-state index contributed by atoms with van der Waals surface area (Å²) in [7, 11) is 0. The van der Waals surface area contributed by atoms with Gasteiger partial charge in [0.05, 0.1) is 6.42 Å². The Morgan fingerprint density at radius 3 is 1.65 bits per heavy atom. The highest BCUT2D eigenvalue weighted by molar-refractivity contribution is 6.02. The van der Waals surface area contributed by atoms with Crippen LogP contribution in [0.5, 0.6) is 0 Å². The normalized spacial score (nSPS) is 13.6. The molecule has 0 aromatic carbocycles. The number of rotatable bonds is 5. The molecule has 0 bridgehead atoms. The van der Waals surface area contributed by atoms with Crippen molar-refractivity contribution in [1.82, 2.24) is 0 Å². The second-order valence-electron chi connectivity index (χ2n) is 4.18. The van der Waals surface area contributed by atoms with Crippen molar-refractivity contribution < 1.29 is 41.0 Å². The Kier molecular flexibility index (Phi) is 8.72. The number of ketones is 2. The first kappa shape index (κ1) is 21.2. The van der Waals surface area contributed by atoms with Crippen LogP contribution in [-0.4, -0.2) is 35.1 Å². The Morgan fingerprint density at radius 1 is 1.10 bits per heavy atom. The zero-order valence-electron chi connectivity index (χ0n) is 11.1. The maximum Gasteiger partial charge on any atom is 0.450 e. The highest BCUT2D eigenvalue weighted by Crippen LogP contribution is 2.19. The zero-order chi connectivity index (χ0) is 16.7. The summed E-state index contributed by atoms with van der Waals surface area (Å²) in [5, 5.41) is 7.58. The van der Waals surface area contributed by atoms with Gasteiger partial charge < -0.3 is 5.11 Å². The van der Waals surface area contributed by atoms with Crippen LogP contribution in [0.1, 0.15) is 33.6 Å². The molecular weight excluding hydrogens is 294 g/mol. The number of hydrogen-bond acceptors (Lipinski definition) is 3. The molecule has 0 saturated heterocycles. The molecule has 0 heterocycles. The van der Waals surface area contributed by atoms with Crippen LogP contribution >= 0.6 is 0 Å². The third-order valence-corrected chi connectivity index (χ3v) is 2.03. The van der Waals surface area contributed by atoms with E-state index in [2.05, 4.69) is 0 Å². The van der Waals surface area contributed by atoms with E-state index in [1.54, 1.807) is 0 Å². The minimum absolute atomic E-state index is 0.372. The molecule has 0 aliphatic rings. The predicted octanol–water partition coefficient (Wildman–Crippen LogP) is 3.05. The number of hydrogen-bond donors (Lipinski definition) is 1. The number of aliphatic hydroxyl groups is 1. The van der Waals surface area contributed by atoms with Gasteiger partial charge in [-0.25, -0.2) is 4.39 Å². The lowest BCUT2D eigenvalue weighted by Gasteiger charge is -2.10. The summed E-state index contributed by atoms with van der Waals surface area (Å²) in [4.78, 5) is 20.9. The maximum absolute atomic E-state index is 11.6. The van der Waals surface area contributed by atoms with E-state index in [1.807, 2.05) is 0 Å². The average molecular weight is 310 g/mol. The SMILES string of the molecule is CC(C)C(=O)CC(=O)C(F)(F)F.CCC(F)C(O)(F)F. The van der Waals surface area contributed by atoms with Crippen LogP contribution in [0.2, 0.25) is 0 Å². The molecule has 0 radical (unpaired) electrons. The molecule has 0 aromatic heterocycles. The van der Waals surface area contributed by atoms with Crippen LogP contribution in [0.4, 0.5) is 26.3 Å². The molecule has 1 atom stereocenters. The lowest BCUT2D eigenvalue weighted by atomic mass is 10.0. The lowest BCUT2D eigenvalue weighted by molar-refractivity contribution is -0.240. The van der Waals surface area contributed by atoms with Gasteiger partial charge in [0.1, 0.15) is 5.78 Å². The van der Waals surface area contributed by atoms with E-state index in [9.17, 15) is 35.9 Å². The molecule has 0 amide bonds. The molecule has 3 nitrogen and oxygen atoms in total. The molecule has 1 unspecified atom stereocenters. The molecule has 0 rings (SSSR count). The van der Waals surface area contributed by atoms with Gasteiger partial charge in [-0.3, -0.25) is 9.59 Å². The molecule has 0 aromatic rings. The molecular formula is C11H16F6O3. The van der Waals surface area contributed by atoms with Crippen molar-refractivity contribution in [3.63, 3.8) is 0 Å². The second-order valence-corrected chi connectivity index (χ2v) is 4.18. The summed E-state index contributed by atoms with van der Waals surface area (Å²) < 4.78 is 68.9. The highest BCUT2D eigenvalue weighted by Gasteiger charge is 2.39. The summed E-state index contributed by atoms with van der Waals surface area (Å²) in [5.41, 5.74) is 0. The third kappa shape index (κ3) is 9.76. The van der Waals surface area contributed by atoms with Crippen molar-refractivity contribution in [3.8, 4) is 0 Å². The first-order valence-electron chi connectivity index (χ1n) is 5.60. The molecule has 0 fully saturated rings. The van der Waals surface area contributed by atoms with E-state index < -0.39 is 42.4 Å². The summed E-state index contributed by atoms with van der Waals surface area (Å²) >= 11 is 0. The van der Waals surface area contributed by atoms with E-state index in [0.717, 1.165) is 0 Å². The van der Waals surface area contributed by atoms with Crippen LogP contribution in [0, 0.1) is 5.92 Å². The summed E-state index contributed by atoms with van der Waals surface area (Å²) in [6, 6.07) is 0. The van der Waals surface area contributed by atoms with E-state index in [1.165, 1.54) is 20.8 Å². The quantitative estimate of drug-likeness (QED) is 0.627. The Balaban J connectivity index is 0. The first-order chi connectivity index (χ1) is 8.73. The highest BCUT2D eigenvalue weighted by atomic mass is 19.4. The fraction of sp³-hybridized carbons (Fsp3) is 0.818. The largest absolute Gasteiger partial charge is 0.450 e. The standard InChI is InChI=1S/C7H9F3O2.C4H7F3O/c1-4(2)5(11)3-6(12)7(8,9)10;1-2-3(5)4(6,7)8/h4H,3H2,1-2H3;3,8H,2H2,1H3. The van der Waals surface area contributed by atoms with Gasteiger partial charge in [-0.1, -0.05) is 20.8 Å². The maximum atomic E-state index is 11.6. The van der Waals surface area contributed by atoms with Gasteiger partial charge in [-0.15, -0.1) is 0 Å². The smallest absolute Gasteiger partial charge is 0.334 e. The molecule has 20 heavy (non-hydrogen) atoms. The van der Waals surface area contributed by atoms with Gasteiger partial charge in [-0.2, -0.15) is 22.0 Å². The van der Waals surface area contributed by atoms with Crippen molar-refractivity contribution in [2.75, 3.05) is 0 Å². The van der Waals surface area contributed by atoms with Crippen molar-refractivity contribution >= 4 is 11.6 Å². The van der Waals surface area contributed by atoms with Crippen LogP contribution in [0.15, 0.2) is 0 Å². The first-order valence-corrected chi connectivity index (χ1v) is 5.60. The number of halogens is 6. The van der Waals surface area contributed by atoms with E-state index >= 15 is 0 Å². The number of alkyl halides is 6. The van der Waals surface area contributed by atoms with Crippen molar-refractivity contribution in [2.24, 2.45) is 5.92 Å².